The molecule has 5 aromatic rings. The average molecular weight is 524 g/mol. The maximum absolute atomic E-state index is 14.3. The van der Waals surface area contributed by atoms with Crippen LogP contribution in [0.3, 0.4) is 0 Å². The van der Waals surface area contributed by atoms with Crippen LogP contribution in [0.25, 0.3) is 27.4 Å². The Balaban J connectivity index is 1.75. The molecule has 0 aliphatic rings. The molecule has 192 valence electrons. The van der Waals surface area contributed by atoms with E-state index < -0.39 is 6.04 Å². The average Bonchev–Trinajstić information content (AvgIpc) is 2.92. The molecule has 0 N–H and O–H groups in total. The van der Waals surface area contributed by atoms with E-state index in [4.69, 9.17) is 16.6 Å². The van der Waals surface area contributed by atoms with Crippen molar-refractivity contribution in [3.05, 3.63) is 118 Å². The smallest absolute Gasteiger partial charge is 0.266 e. The minimum atomic E-state index is -0.444. The van der Waals surface area contributed by atoms with Crippen LogP contribution in [0.2, 0.25) is 5.02 Å². The minimum Gasteiger partial charge on any atom is -0.328 e. The summed E-state index contributed by atoms with van der Waals surface area (Å²) in [5.41, 5.74) is 1.68. The number of para-hydroxylation sites is 1. The van der Waals surface area contributed by atoms with E-state index in [-0.39, 0.29) is 17.4 Å². The normalized spacial score (nSPS) is 12.2. The molecule has 4 aromatic carbocycles. The fourth-order valence-electron chi connectivity index (χ4n) is 5.09. The first kappa shape index (κ1) is 25.7. The zero-order chi connectivity index (χ0) is 26.8. The highest BCUT2D eigenvalue weighted by Gasteiger charge is 2.31. The fraction of sp³-hybridized carbons (Fsp3) is 0.219. The molecular formula is C32H30ClN3O2. The number of hydrogen-bond acceptors (Lipinski definition) is 3. The van der Waals surface area contributed by atoms with E-state index in [1.165, 1.54) is 0 Å². The third kappa shape index (κ3) is 4.82. The fourth-order valence-corrected chi connectivity index (χ4v) is 5.28. The molecule has 0 fully saturated rings. The molecule has 5 rings (SSSR count). The number of halogens is 1. The van der Waals surface area contributed by atoms with Gasteiger partial charge in [0.05, 0.1) is 22.6 Å². The summed E-state index contributed by atoms with van der Waals surface area (Å²) in [6.45, 7) is 6.72. The SMILES string of the molecule is CCC(c1nc2ccccc2c(=O)n1-c1cccc(Cl)c1)N(CC(C)C)C(=O)c1cccc2ccccc12. The molecule has 0 aliphatic heterocycles. The molecule has 0 saturated carbocycles. The minimum absolute atomic E-state index is 0.0811. The van der Waals surface area contributed by atoms with E-state index in [1.54, 1.807) is 22.8 Å². The Kier molecular flexibility index (Phi) is 7.30. The molecular weight excluding hydrogens is 494 g/mol. The van der Waals surface area contributed by atoms with Crippen LogP contribution in [0.1, 0.15) is 49.4 Å². The van der Waals surface area contributed by atoms with Crippen LogP contribution < -0.4 is 5.56 Å². The molecule has 6 heteroatoms. The summed E-state index contributed by atoms with van der Waals surface area (Å²) >= 11 is 6.35. The highest BCUT2D eigenvalue weighted by Crippen LogP contribution is 2.30. The lowest BCUT2D eigenvalue weighted by atomic mass is 10.0. The van der Waals surface area contributed by atoms with Gasteiger partial charge >= 0.3 is 0 Å². The maximum Gasteiger partial charge on any atom is 0.266 e. The number of nitrogens with zero attached hydrogens (tertiary/aromatic N) is 3. The van der Waals surface area contributed by atoms with Crippen LogP contribution >= 0.6 is 11.6 Å². The Bertz CT molecular complexity index is 1690. The predicted molar refractivity (Wildman–Crippen MR) is 155 cm³/mol. The highest BCUT2D eigenvalue weighted by atomic mass is 35.5. The van der Waals surface area contributed by atoms with Gasteiger partial charge in [0.25, 0.3) is 11.5 Å². The topological polar surface area (TPSA) is 55.2 Å². The number of carbonyl (C=O) groups excluding carboxylic acids is 1. The zero-order valence-corrected chi connectivity index (χ0v) is 22.5. The number of rotatable bonds is 7. The second-order valence-corrected chi connectivity index (χ2v) is 10.3. The van der Waals surface area contributed by atoms with Gasteiger partial charge in [-0.25, -0.2) is 4.98 Å². The lowest BCUT2D eigenvalue weighted by Gasteiger charge is -2.34. The Hall–Kier alpha value is -3.96. The molecule has 0 aliphatic carbocycles. The van der Waals surface area contributed by atoms with Crippen molar-refractivity contribution in [1.29, 1.82) is 0 Å². The third-order valence-electron chi connectivity index (χ3n) is 6.77. The van der Waals surface area contributed by atoms with E-state index in [0.717, 1.165) is 10.8 Å². The summed E-state index contributed by atoms with van der Waals surface area (Å²) in [4.78, 5) is 35.1. The summed E-state index contributed by atoms with van der Waals surface area (Å²) in [6, 6.07) is 27.8. The van der Waals surface area contributed by atoms with Gasteiger partial charge in [-0.15, -0.1) is 0 Å². The Morgan fingerprint density at radius 2 is 1.61 bits per heavy atom. The van der Waals surface area contributed by atoms with E-state index in [2.05, 4.69) is 13.8 Å². The predicted octanol–water partition coefficient (Wildman–Crippen LogP) is 7.44. The lowest BCUT2D eigenvalue weighted by Crippen LogP contribution is -2.40. The van der Waals surface area contributed by atoms with Gasteiger partial charge in [0.1, 0.15) is 5.82 Å². The van der Waals surface area contributed by atoms with Crippen molar-refractivity contribution in [2.75, 3.05) is 6.54 Å². The van der Waals surface area contributed by atoms with Crippen LogP contribution in [0.5, 0.6) is 0 Å². The largest absolute Gasteiger partial charge is 0.328 e. The second kappa shape index (κ2) is 10.8. The Labute approximate surface area is 227 Å². The summed E-state index contributed by atoms with van der Waals surface area (Å²) in [7, 11) is 0. The molecule has 0 bridgehead atoms. The van der Waals surface area contributed by atoms with E-state index >= 15 is 0 Å². The van der Waals surface area contributed by atoms with Crippen LogP contribution in [0, 0.1) is 5.92 Å². The van der Waals surface area contributed by atoms with E-state index in [9.17, 15) is 9.59 Å². The van der Waals surface area contributed by atoms with Crippen molar-refractivity contribution >= 4 is 39.2 Å². The third-order valence-corrected chi connectivity index (χ3v) is 7.01. The highest BCUT2D eigenvalue weighted by molar-refractivity contribution is 6.30. The van der Waals surface area contributed by atoms with Gasteiger partial charge in [-0.1, -0.05) is 87.0 Å². The number of aromatic nitrogens is 2. The zero-order valence-electron chi connectivity index (χ0n) is 21.8. The summed E-state index contributed by atoms with van der Waals surface area (Å²) in [5, 5.41) is 2.95. The van der Waals surface area contributed by atoms with Gasteiger partial charge in [-0.05, 0) is 59.5 Å². The van der Waals surface area contributed by atoms with Crippen molar-refractivity contribution in [2.45, 2.75) is 33.2 Å². The second-order valence-electron chi connectivity index (χ2n) is 9.91. The summed E-state index contributed by atoms with van der Waals surface area (Å²) in [5.74, 6) is 0.643. The van der Waals surface area contributed by atoms with Crippen molar-refractivity contribution in [3.63, 3.8) is 0 Å². The van der Waals surface area contributed by atoms with Crippen LogP contribution in [-0.2, 0) is 0 Å². The van der Waals surface area contributed by atoms with Crippen LogP contribution in [0.4, 0.5) is 0 Å². The van der Waals surface area contributed by atoms with Crippen molar-refractivity contribution in [2.24, 2.45) is 5.92 Å². The molecule has 0 radical (unpaired) electrons. The first-order valence-corrected chi connectivity index (χ1v) is 13.3. The number of fused-ring (bicyclic) bond motifs is 2. The van der Waals surface area contributed by atoms with Crippen molar-refractivity contribution in [1.82, 2.24) is 14.5 Å². The van der Waals surface area contributed by atoms with Gasteiger partial charge in [-0.3, -0.25) is 14.2 Å². The molecule has 38 heavy (non-hydrogen) atoms. The number of hydrogen-bond donors (Lipinski definition) is 0. The van der Waals surface area contributed by atoms with E-state index in [0.29, 0.717) is 46.0 Å². The standard InChI is InChI=1S/C32H30ClN3O2/c1-4-29(35(20-21(2)3)31(37)26-17-9-12-22-11-5-6-15-25(22)26)30-34-28-18-8-7-16-27(28)32(38)36(30)24-14-10-13-23(33)19-24/h5-19,21,29H,4,20H2,1-3H3. The number of benzene rings is 4. The van der Waals surface area contributed by atoms with Gasteiger partial charge in [0.2, 0.25) is 0 Å². The molecule has 0 saturated heterocycles. The Morgan fingerprint density at radius 1 is 0.921 bits per heavy atom. The lowest BCUT2D eigenvalue weighted by molar-refractivity contribution is 0.0633. The molecule has 1 heterocycles. The van der Waals surface area contributed by atoms with Gasteiger partial charge in [0.15, 0.2) is 0 Å². The van der Waals surface area contributed by atoms with Crippen LogP contribution in [-0.4, -0.2) is 26.9 Å². The molecule has 0 spiro atoms. The van der Waals surface area contributed by atoms with E-state index in [1.807, 2.05) is 84.6 Å². The quantitative estimate of drug-likeness (QED) is 0.223. The monoisotopic (exact) mass is 523 g/mol. The van der Waals surface area contributed by atoms with Crippen molar-refractivity contribution < 1.29 is 4.79 Å². The van der Waals surface area contributed by atoms with Crippen molar-refractivity contribution in [3.8, 4) is 5.69 Å². The first-order valence-electron chi connectivity index (χ1n) is 13.0. The molecule has 1 aromatic heterocycles. The Morgan fingerprint density at radius 3 is 2.34 bits per heavy atom. The summed E-state index contributed by atoms with van der Waals surface area (Å²) in [6.07, 6.45) is 0.578. The first-order chi connectivity index (χ1) is 18.4. The number of amides is 1. The van der Waals surface area contributed by atoms with Gasteiger partial charge in [-0.2, -0.15) is 0 Å². The molecule has 1 atom stereocenters. The molecule has 1 unspecified atom stereocenters. The molecule has 1 amide bonds. The van der Waals surface area contributed by atoms with Gasteiger partial charge in [0, 0.05) is 17.1 Å². The van der Waals surface area contributed by atoms with Crippen LogP contribution in [0.15, 0.2) is 95.8 Å². The summed E-state index contributed by atoms with van der Waals surface area (Å²) < 4.78 is 1.62. The maximum atomic E-state index is 14.3. The molecule has 5 nitrogen and oxygen atoms in total. The van der Waals surface area contributed by atoms with Gasteiger partial charge < -0.3 is 4.90 Å². The number of carbonyl (C=O) groups is 1.